The fourth-order valence-corrected chi connectivity index (χ4v) is 7.78. The van der Waals surface area contributed by atoms with Crippen LogP contribution in [0.15, 0.2) is 28.0 Å². The Morgan fingerprint density at radius 3 is 2.48 bits per heavy atom. The molecule has 0 radical (unpaired) electrons. The van der Waals surface area contributed by atoms with Gasteiger partial charge in [0.05, 0.1) is 0 Å². The molecule has 0 aromatic heterocycles. The van der Waals surface area contributed by atoms with Crippen molar-refractivity contribution in [3.63, 3.8) is 0 Å². The molecule has 0 saturated heterocycles. The highest BCUT2D eigenvalue weighted by atomic mass is 79.9. The standard InChI is InChI=1S/C16H18BrF3S/c1-2-11-7-8-14-13(9-11)10-15(12-5-3-4-6-12)21(14,17)16(18,19)20/h7-10,12H,2-6H2,1H3. The van der Waals surface area contributed by atoms with Gasteiger partial charge < -0.3 is 0 Å². The maximum Gasteiger partial charge on any atom is 0.442 e. The lowest BCUT2D eigenvalue weighted by atomic mass is 10.0. The Labute approximate surface area is 132 Å². The molecule has 1 heterocycles. The summed E-state index contributed by atoms with van der Waals surface area (Å²) in [6, 6.07) is 5.44. The molecule has 1 fully saturated rings. The van der Waals surface area contributed by atoms with Crippen LogP contribution in [0.2, 0.25) is 0 Å². The Hall–Kier alpha value is -0.420. The average molecular weight is 379 g/mol. The van der Waals surface area contributed by atoms with E-state index in [4.69, 9.17) is 0 Å². The first-order chi connectivity index (χ1) is 9.88. The lowest BCUT2D eigenvalue weighted by Gasteiger charge is -2.37. The number of rotatable bonds is 2. The van der Waals surface area contributed by atoms with Crippen molar-refractivity contribution in [2.24, 2.45) is 5.92 Å². The minimum absolute atomic E-state index is 0.0819. The van der Waals surface area contributed by atoms with E-state index in [0.717, 1.165) is 43.2 Å². The van der Waals surface area contributed by atoms with Gasteiger partial charge in [0.1, 0.15) is 0 Å². The molecule has 3 rings (SSSR count). The molecule has 1 aliphatic heterocycles. The van der Waals surface area contributed by atoms with Crippen LogP contribution in [0.5, 0.6) is 0 Å². The van der Waals surface area contributed by atoms with Gasteiger partial charge in [-0.15, -0.1) is 0 Å². The molecule has 5 heteroatoms. The summed E-state index contributed by atoms with van der Waals surface area (Å²) in [6.45, 7) is 2.02. The predicted octanol–water partition coefficient (Wildman–Crippen LogP) is 6.79. The van der Waals surface area contributed by atoms with Gasteiger partial charge >= 0.3 is 5.51 Å². The monoisotopic (exact) mass is 378 g/mol. The summed E-state index contributed by atoms with van der Waals surface area (Å²) < 4.78 is 41.6. The maximum atomic E-state index is 13.9. The van der Waals surface area contributed by atoms with Crippen molar-refractivity contribution in [2.45, 2.75) is 49.4 Å². The third-order valence-electron chi connectivity index (χ3n) is 4.48. The molecule has 1 saturated carbocycles. The Bertz CT molecular complexity index is 588. The Balaban J connectivity index is 2.14. The van der Waals surface area contributed by atoms with Gasteiger partial charge in [-0.1, -0.05) is 31.9 Å². The molecule has 21 heavy (non-hydrogen) atoms. The van der Waals surface area contributed by atoms with Crippen molar-refractivity contribution in [1.29, 1.82) is 0 Å². The summed E-state index contributed by atoms with van der Waals surface area (Å²) in [5.74, 6) is 0.0819. The van der Waals surface area contributed by atoms with Gasteiger partial charge in [-0.25, -0.2) is 0 Å². The Morgan fingerprint density at radius 1 is 1.24 bits per heavy atom. The molecule has 2 aliphatic rings. The number of fused-ring (bicyclic) bond motifs is 1. The van der Waals surface area contributed by atoms with Crippen molar-refractivity contribution < 1.29 is 13.2 Å². The Morgan fingerprint density at radius 2 is 1.90 bits per heavy atom. The first-order valence-electron chi connectivity index (χ1n) is 7.31. The van der Waals surface area contributed by atoms with E-state index in [0.29, 0.717) is 9.80 Å². The highest BCUT2D eigenvalue weighted by molar-refractivity contribution is 9.59. The highest BCUT2D eigenvalue weighted by Gasteiger charge is 2.56. The van der Waals surface area contributed by atoms with Gasteiger partial charge in [-0.3, -0.25) is 0 Å². The average Bonchev–Trinajstić information content (AvgIpc) is 3.04. The minimum atomic E-state index is -4.24. The van der Waals surface area contributed by atoms with E-state index in [9.17, 15) is 13.2 Å². The molecule has 0 amide bonds. The van der Waals surface area contributed by atoms with Crippen molar-refractivity contribution in [3.8, 4) is 0 Å². The second-order valence-electron chi connectivity index (χ2n) is 5.74. The molecule has 0 bridgehead atoms. The maximum absolute atomic E-state index is 13.9. The molecular formula is C16H18BrF3S. The van der Waals surface area contributed by atoms with Crippen LogP contribution in [-0.2, 0) is 6.42 Å². The van der Waals surface area contributed by atoms with Gasteiger partial charge in [-0.05, 0) is 76.6 Å². The van der Waals surface area contributed by atoms with E-state index in [1.807, 2.05) is 25.1 Å². The lowest BCUT2D eigenvalue weighted by molar-refractivity contribution is -0.0357. The summed E-state index contributed by atoms with van der Waals surface area (Å²) in [6.07, 6.45) is 6.52. The van der Waals surface area contributed by atoms with Crippen LogP contribution in [0.4, 0.5) is 13.2 Å². The third-order valence-corrected chi connectivity index (χ3v) is 10.5. The lowest BCUT2D eigenvalue weighted by Crippen LogP contribution is -2.18. The number of benzene rings is 1. The van der Waals surface area contributed by atoms with Gasteiger partial charge in [0.2, 0.25) is 0 Å². The molecule has 1 aliphatic carbocycles. The molecule has 0 spiro atoms. The number of hydrogen-bond donors (Lipinski definition) is 0. The molecule has 1 aromatic carbocycles. The summed E-state index contributed by atoms with van der Waals surface area (Å²) in [5.41, 5.74) is -2.38. The molecule has 116 valence electrons. The smallest absolute Gasteiger partial charge is 0.160 e. The highest BCUT2D eigenvalue weighted by Crippen LogP contribution is 2.82. The van der Waals surface area contributed by atoms with Crippen LogP contribution in [0.3, 0.4) is 0 Å². The number of alkyl halides is 3. The van der Waals surface area contributed by atoms with Crippen LogP contribution in [0.1, 0.15) is 43.7 Å². The molecule has 0 nitrogen and oxygen atoms in total. The van der Waals surface area contributed by atoms with E-state index < -0.39 is 14.0 Å². The second-order valence-corrected chi connectivity index (χ2v) is 11.1. The summed E-state index contributed by atoms with van der Waals surface area (Å²) in [5, 5.41) is 0. The van der Waals surface area contributed by atoms with Gasteiger partial charge in [0, 0.05) is 4.90 Å². The van der Waals surface area contributed by atoms with E-state index >= 15 is 0 Å². The summed E-state index contributed by atoms with van der Waals surface area (Å²) in [7, 11) is -3.05. The van der Waals surface area contributed by atoms with Crippen molar-refractivity contribution >= 4 is 29.4 Å². The third kappa shape index (κ3) is 2.37. The normalized spacial score (nSPS) is 29.1. The number of aryl methyl sites for hydroxylation is 1. The van der Waals surface area contributed by atoms with E-state index in [1.165, 1.54) is 0 Å². The minimum Gasteiger partial charge on any atom is -0.160 e. The number of halogens is 4. The number of hydrogen-bond acceptors (Lipinski definition) is 0. The van der Waals surface area contributed by atoms with Gasteiger partial charge in [0.15, 0.2) is 0 Å². The fourth-order valence-electron chi connectivity index (χ4n) is 3.36. The zero-order valence-corrected chi connectivity index (χ0v) is 14.2. The first-order valence-corrected chi connectivity index (χ1v) is 10.8. The van der Waals surface area contributed by atoms with E-state index in [1.54, 1.807) is 6.07 Å². The molecule has 1 unspecified atom stereocenters. The number of allylic oxidation sites excluding steroid dienone is 1. The van der Waals surface area contributed by atoms with E-state index in [-0.39, 0.29) is 5.92 Å². The van der Waals surface area contributed by atoms with Crippen LogP contribution in [-0.4, -0.2) is 5.51 Å². The molecule has 1 atom stereocenters. The van der Waals surface area contributed by atoms with Crippen LogP contribution < -0.4 is 0 Å². The van der Waals surface area contributed by atoms with Gasteiger partial charge in [-0.2, -0.15) is 13.2 Å². The first kappa shape index (κ1) is 15.5. The summed E-state index contributed by atoms with van der Waals surface area (Å²) >= 11 is 3.18. The second kappa shape index (κ2) is 5.34. The summed E-state index contributed by atoms with van der Waals surface area (Å²) in [4.78, 5) is 1.03. The van der Waals surface area contributed by atoms with Crippen molar-refractivity contribution in [3.05, 3.63) is 34.2 Å². The molecule has 0 N–H and O–H groups in total. The van der Waals surface area contributed by atoms with Crippen LogP contribution in [0, 0.1) is 5.92 Å². The molecular weight excluding hydrogens is 361 g/mol. The SMILES string of the molecule is CCc1ccc2c(c1)C=C(C1CCCC1)S2(Br)C(F)(F)F. The van der Waals surface area contributed by atoms with Crippen molar-refractivity contribution in [1.82, 2.24) is 0 Å². The zero-order chi connectivity index (χ0) is 15.3. The predicted molar refractivity (Wildman–Crippen MR) is 86.6 cm³/mol. The largest absolute Gasteiger partial charge is 0.442 e. The zero-order valence-electron chi connectivity index (χ0n) is 11.8. The van der Waals surface area contributed by atoms with Gasteiger partial charge in [0.25, 0.3) is 0 Å². The van der Waals surface area contributed by atoms with Crippen molar-refractivity contribution in [2.75, 3.05) is 0 Å². The topological polar surface area (TPSA) is 0 Å². The quantitative estimate of drug-likeness (QED) is 0.531. The fraction of sp³-hybridized carbons (Fsp3) is 0.500. The van der Waals surface area contributed by atoms with Crippen LogP contribution >= 0.6 is 23.3 Å². The molecule has 1 aromatic rings. The van der Waals surface area contributed by atoms with E-state index in [2.05, 4.69) is 14.8 Å². The van der Waals surface area contributed by atoms with Crippen LogP contribution in [0.25, 0.3) is 6.08 Å². The Kier molecular flexibility index (Phi) is 3.93.